The van der Waals surface area contributed by atoms with Crippen LogP contribution in [-0.4, -0.2) is 38.2 Å². The van der Waals surface area contributed by atoms with Crippen LogP contribution in [0.3, 0.4) is 0 Å². The van der Waals surface area contributed by atoms with Gasteiger partial charge in [-0.05, 0) is 31.5 Å². The van der Waals surface area contributed by atoms with Gasteiger partial charge in [0.2, 0.25) is 0 Å². The molecule has 3 rings (SSSR count). The Morgan fingerprint density at radius 2 is 2.27 bits per heavy atom. The summed E-state index contributed by atoms with van der Waals surface area (Å²) < 4.78 is 29.2. The van der Waals surface area contributed by atoms with Gasteiger partial charge in [0, 0.05) is 29.3 Å². The predicted molar refractivity (Wildman–Crippen MR) is 103 cm³/mol. The average Bonchev–Trinajstić information content (AvgIpc) is 3.08. The average molecular weight is 438 g/mol. The summed E-state index contributed by atoms with van der Waals surface area (Å²) in [6, 6.07) is 2.22. The molecule has 0 aromatic carbocycles. The summed E-state index contributed by atoms with van der Waals surface area (Å²) in [5.74, 6) is 0.0791. The topological polar surface area (TPSA) is 181 Å². The summed E-state index contributed by atoms with van der Waals surface area (Å²) in [5, 5.41) is 3.62. The molecule has 3 heterocycles. The summed E-state index contributed by atoms with van der Waals surface area (Å²) in [6.45, 7) is 2.68. The molecule has 14 heteroatoms. The number of hydrogen-bond donors (Lipinski definition) is 2. The molecule has 0 bridgehead atoms. The van der Waals surface area contributed by atoms with E-state index >= 15 is 0 Å². The lowest BCUT2D eigenvalue weighted by molar-refractivity contribution is -0.0264. The summed E-state index contributed by atoms with van der Waals surface area (Å²) in [6.07, 6.45) is 1.14. The highest BCUT2D eigenvalue weighted by atomic mass is 31.2. The van der Waals surface area contributed by atoms with Crippen molar-refractivity contribution in [3.8, 4) is 5.75 Å². The van der Waals surface area contributed by atoms with E-state index in [1.165, 1.54) is 31.5 Å². The van der Waals surface area contributed by atoms with E-state index in [4.69, 9.17) is 19.3 Å². The third-order valence-corrected chi connectivity index (χ3v) is 5.34. The van der Waals surface area contributed by atoms with Crippen molar-refractivity contribution in [2.24, 2.45) is 5.11 Å². The van der Waals surface area contributed by atoms with E-state index in [9.17, 15) is 19.0 Å². The molecule has 30 heavy (non-hydrogen) atoms. The highest BCUT2D eigenvalue weighted by molar-refractivity contribution is 7.47. The van der Waals surface area contributed by atoms with Crippen LogP contribution in [0.4, 0.5) is 0 Å². The first-order chi connectivity index (χ1) is 14.2. The van der Waals surface area contributed by atoms with Gasteiger partial charge in [-0.1, -0.05) is 5.11 Å². The van der Waals surface area contributed by atoms with Crippen molar-refractivity contribution in [1.82, 2.24) is 14.5 Å². The van der Waals surface area contributed by atoms with Gasteiger partial charge in [-0.2, -0.15) is 0 Å². The highest BCUT2D eigenvalue weighted by Gasteiger charge is 2.38. The van der Waals surface area contributed by atoms with Crippen LogP contribution >= 0.6 is 7.82 Å². The normalized spacial score (nSPS) is 22.8. The number of pyridine rings is 1. The van der Waals surface area contributed by atoms with Crippen LogP contribution in [0.5, 0.6) is 5.75 Å². The van der Waals surface area contributed by atoms with Crippen molar-refractivity contribution >= 4 is 7.82 Å². The van der Waals surface area contributed by atoms with Crippen LogP contribution in [0, 0.1) is 13.8 Å². The summed E-state index contributed by atoms with van der Waals surface area (Å²) in [7, 11) is -4.53. The first kappa shape index (κ1) is 21.8. The van der Waals surface area contributed by atoms with Crippen molar-refractivity contribution in [2.75, 3.05) is 6.61 Å². The van der Waals surface area contributed by atoms with Gasteiger partial charge in [-0.15, -0.1) is 0 Å². The lowest BCUT2D eigenvalue weighted by atomic mass is 10.1. The van der Waals surface area contributed by atoms with E-state index < -0.39 is 44.1 Å². The van der Waals surface area contributed by atoms with Crippen LogP contribution in [-0.2, 0) is 13.8 Å². The van der Waals surface area contributed by atoms with Crippen LogP contribution in [0.2, 0.25) is 0 Å². The number of phosphoric ester groups is 1. The van der Waals surface area contributed by atoms with Gasteiger partial charge in [0.15, 0.2) is 5.75 Å². The van der Waals surface area contributed by atoms with Crippen molar-refractivity contribution in [3.05, 3.63) is 67.1 Å². The Balaban J connectivity index is 1.73. The zero-order valence-corrected chi connectivity index (χ0v) is 16.9. The number of ether oxygens (including phenoxy) is 1. The van der Waals surface area contributed by atoms with Gasteiger partial charge in [-0.25, -0.2) is 9.36 Å². The number of nitrogens with one attached hydrogen (secondary N) is 1. The lowest BCUT2D eigenvalue weighted by Gasteiger charge is -2.19. The second-order valence-corrected chi connectivity index (χ2v) is 7.94. The van der Waals surface area contributed by atoms with E-state index in [2.05, 4.69) is 20.0 Å². The molecular weight excluding hydrogens is 419 g/mol. The number of azide groups is 1. The van der Waals surface area contributed by atoms with Gasteiger partial charge in [0.1, 0.15) is 6.23 Å². The lowest BCUT2D eigenvalue weighted by Crippen LogP contribution is -2.33. The van der Waals surface area contributed by atoms with Crippen molar-refractivity contribution in [2.45, 2.75) is 38.6 Å². The minimum absolute atomic E-state index is 0.0791. The maximum Gasteiger partial charge on any atom is 0.527 e. The van der Waals surface area contributed by atoms with Gasteiger partial charge in [-0.3, -0.25) is 28.7 Å². The maximum atomic E-state index is 12.3. The molecule has 4 atom stereocenters. The Labute approximate surface area is 169 Å². The molecule has 13 nitrogen and oxygen atoms in total. The van der Waals surface area contributed by atoms with Gasteiger partial charge in [0.25, 0.3) is 5.56 Å². The van der Waals surface area contributed by atoms with Crippen molar-refractivity contribution in [1.29, 1.82) is 0 Å². The molecule has 0 amide bonds. The molecule has 2 aromatic heterocycles. The number of rotatable bonds is 7. The Morgan fingerprint density at radius 3 is 2.97 bits per heavy atom. The zero-order valence-electron chi connectivity index (χ0n) is 16.0. The monoisotopic (exact) mass is 438 g/mol. The molecule has 1 aliphatic rings. The quantitative estimate of drug-likeness (QED) is 0.283. The zero-order chi connectivity index (χ0) is 21.9. The Bertz CT molecular complexity index is 1140. The summed E-state index contributed by atoms with van der Waals surface area (Å²) >= 11 is 0. The number of hydrogen-bond acceptors (Lipinski definition) is 8. The van der Waals surface area contributed by atoms with E-state index in [0.29, 0.717) is 11.3 Å². The Kier molecular flexibility index (Phi) is 6.40. The molecule has 1 unspecified atom stereocenters. The second-order valence-electron chi connectivity index (χ2n) is 6.56. The molecule has 0 radical (unpaired) electrons. The predicted octanol–water partition coefficient (Wildman–Crippen LogP) is 1.71. The first-order valence-electron chi connectivity index (χ1n) is 8.80. The highest BCUT2D eigenvalue weighted by Crippen LogP contribution is 2.45. The van der Waals surface area contributed by atoms with Crippen molar-refractivity contribution < 1.29 is 23.2 Å². The van der Waals surface area contributed by atoms with Gasteiger partial charge in [0.05, 0.1) is 24.4 Å². The molecule has 1 saturated heterocycles. The van der Waals surface area contributed by atoms with Gasteiger partial charge >= 0.3 is 13.5 Å². The molecule has 2 aromatic rings. The van der Waals surface area contributed by atoms with Crippen LogP contribution < -0.4 is 15.8 Å². The minimum Gasteiger partial charge on any atom is -0.402 e. The van der Waals surface area contributed by atoms with Gasteiger partial charge < -0.3 is 9.26 Å². The first-order valence-corrected chi connectivity index (χ1v) is 10.3. The number of phosphoric acid groups is 1. The number of aryl methyl sites for hydroxylation is 2. The maximum absolute atomic E-state index is 12.3. The SMILES string of the molecule is Cc1ncccc1OP(=O)(O)OC[C@H]1O[C@@H](n2cc(C)c(=O)[nH]c2=O)C[C@@H]1N=[N+]=[N-]. The van der Waals surface area contributed by atoms with Crippen LogP contribution in [0.25, 0.3) is 10.4 Å². The third kappa shape index (κ3) is 4.96. The van der Waals surface area contributed by atoms with E-state index in [1.54, 1.807) is 6.92 Å². The third-order valence-electron chi connectivity index (χ3n) is 4.43. The van der Waals surface area contributed by atoms with Crippen LogP contribution in [0.1, 0.15) is 23.9 Å². The smallest absolute Gasteiger partial charge is 0.402 e. The molecule has 1 fully saturated rings. The summed E-state index contributed by atoms with van der Waals surface area (Å²) in [4.78, 5) is 42.5. The second kappa shape index (κ2) is 8.82. The van der Waals surface area contributed by atoms with E-state index in [1.807, 2.05) is 0 Å². The number of aromatic nitrogens is 3. The Hall–Kier alpha value is -2.95. The molecule has 2 N–H and O–H groups in total. The molecular formula is C16H19N6O7P. The Morgan fingerprint density at radius 1 is 1.50 bits per heavy atom. The fourth-order valence-electron chi connectivity index (χ4n) is 2.91. The fraction of sp³-hybridized carbons (Fsp3) is 0.438. The number of aromatic amines is 1. The van der Waals surface area contributed by atoms with Crippen LogP contribution in [0.15, 0.2) is 39.2 Å². The molecule has 1 aliphatic heterocycles. The largest absolute Gasteiger partial charge is 0.527 e. The molecule has 160 valence electrons. The fourth-order valence-corrected chi connectivity index (χ4v) is 3.74. The number of nitrogens with zero attached hydrogens (tertiary/aromatic N) is 5. The van der Waals surface area contributed by atoms with E-state index in [0.717, 1.165) is 4.57 Å². The molecule has 0 spiro atoms. The standard InChI is InChI=1S/C16H19N6O7P/c1-9-7-22(16(24)19-15(9)23)14-6-11(20-21-17)13(28-14)8-27-30(25,26)29-12-4-3-5-18-10(12)2/h3-5,7,11,13-14H,6,8H2,1-2H3,(H,25,26)(H,19,23,24)/t11-,13+,14+/m0/s1. The summed E-state index contributed by atoms with van der Waals surface area (Å²) in [5.41, 5.74) is 8.27. The minimum atomic E-state index is -4.53. The van der Waals surface area contributed by atoms with Crippen molar-refractivity contribution in [3.63, 3.8) is 0 Å². The molecule has 0 aliphatic carbocycles. The molecule has 0 saturated carbocycles. The number of H-pyrrole nitrogens is 1. The van der Waals surface area contributed by atoms with E-state index in [-0.39, 0.29) is 12.2 Å².